The molecule has 2 fully saturated rings. The highest BCUT2D eigenvalue weighted by Crippen LogP contribution is 2.49. The van der Waals surface area contributed by atoms with Gasteiger partial charge < -0.3 is 14.7 Å². The van der Waals surface area contributed by atoms with Gasteiger partial charge in [-0.15, -0.1) is 0 Å². The second kappa shape index (κ2) is 7.21. The van der Waals surface area contributed by atoms with E-state index >= 15 is 0 Å². The van der Waals surface area contributed by atoms with Gasteiger partial charge in [0, 0.05) is 45.0 Å². The Labute approximate surface area is 171 Å². The molecule has 2 aromatic rings. The second-order valence-corrected chi connectivity index (χ2v) is 8.44. The van der Waals surface area contributed by atoms with Gasteiger partial charge in [0.2, 0.25) is 11.8 Å². The van der Waals surface area contributed by atoms with E-state index in [1.165, 1.54) is 16.8 Å². The summed E-state index contributed by atoms with van der Waals surface area (Å²) >= 11 is 0. The average molecular weight is 389 g/mol. The summed E-state index contributed by atoms with van der Waals surface area (Å²) in [6.07, 6.45) is 2.27. The fraction of sp³-hybridized carbons (Fsp3) is 0.417. The zero-order chi connectivity index (χ0) is 19.8. The third-order valence-corrected chi connectivity index (χ3v) is 6.67. The molecule has 29 heavy (non-hydrogen) atoms. The van der Waals surface area contributed by atoms with Crippen molar-refractivity contribution in [2.24, 2.45) is 5.41 Å². The number of anilines is 1. The molecule has 2 heterocycles. The average Bonchev–Trinajstić information content (AvgIpc) is 3.60. The van der Waals surface area contributed by atoms with E-state index in [1.807, 2.05) is 34.1 Å². The Hall–Kier alpha value is -2.82. The Morgan fingerprint density at radius 3 is 2.00 bits per heavy atom. The summed E-state index contributed by atoms with van der Waals surface area (Å²) in [5.74, 6) is 0.0940. The molecule has 0 aromatic heterocycles. The summed E-state index contributed by atoms with van der Waals surface area (Å²) in [5.41, 5.74) is 2.95. The second-order valence-electron chi connectivity index (χ2n) is 8.44. The third-order valence-electron chi connectivity index (χ3n) is 6.67. The topological polar surface area (TPSA) is 43.9 Å². The summed E-state index contributed by atoms with van der Waals surface area (Å²) in [6.45, 7) is 4.35. The molecule has 0 unspecified atom stereocenters. The number of amides is 2. The molecule has 1 saturated carbocycles. The van der Waals surface area contributed by atoms with E-state index in [9.17, 15) is 9.59 Å². The highest BCUT2D eigenvalue weighted by Gasteiger charge is 2.59. The number of benzene rings is 2. The Balaban J connectivity index is 1.24. The standard InChI is InChI=1S/C24H27N3O2/c28-22(26-16-14-25(15-17-26)21-8-2-1-3-9-21)24(11-12-24)23(29)27-13-10-19-6-4-5-7-20(19)18-27/h1-9H,10-18H2. The lowest BCUT2D eigenvalue weighted by atomic mass is 9.96. The fourth-order valence-electron chi connectivity index (χ4n) is 4.73. The van der Waals surface area contributed by atoms with E-state index in [0.717, 1.165) is 19.5 Å². The van der Waals surface area contributed by atoms with Crippen LogP contribution in [-0.4, -0.2) is 54.3 Å². The van der Waals surface area contributed by atoms with Crippen LogP contribution in [0.1, 0.15) is 24.0 Å². The SMILES string of the molecule is O=C(N1CCN(c2ccccc2)CC1)C1(C(=O)N2CCc3ccccc3C2)CC1. The molecule has 0 bridgehead atoms. The monoisotopic (exact) mass is 389 g/mol. The van der Waals surface area contributed by atoms with E-state index in [0.29, 0.717) is 39.0 Å². The first-order chi connectivity index (χ1) is 14.2. The Bertz CT molecular complexity index is 915. The van der Waals surface area contributed by atoms with Crippen LogP contribution in [0, 0.1) is 5.41 Å². The number of piperazine rings is 1. The van der Waals surface area contributed by atoms with Gasteiger partial charge in [-0.1, -0.05) is 42.5 Å². The van der Waals surface area contributed by atoms with Crippen molar-refractivity contribution >= 4 is 17.5 Å². The van der Waals surface area contributed by atoms with E-state index in [-0.39, 0.29) is 11.8 Å². The molecule has 0 atom stereocenters. The minimum Gasteiger partial charge on any atom is -0.368 e. The summed E-state index contributed by atoms with van der Waals surface area (Å²) in [4.78, 5) is 32.8. The first-order valence-electron chi connectivity index (χ1n) is 10.6. The number of hydrogen-bond acceptors (Lipinski definition) is 3. The first kappa shape index (κ1) is 18.2. The van der Waals surface area contributed by atoms with Gasteiger partial charge in [-0.3, -0.25) is 9.59 Å². The molecule has 1 aliphatic carbocycles. The van der Waals surface area contributed by atoms with Gasteiger partial charge >= 0.3 is 0 Å². The number of rotatable bonds is 3. The quantitative estimate of drug-likeness (QED) is 0.758. The molecule has 1 saturated heterocycles. The number of hydrogen-bond donors (Lipinski definition) is 0. The summed E-state index contributed by atoms with van der Waals surface area (Å²) in [6, 6.07) is 18.6. The third kappa shape index (κ3) is 3.28. The molecule has 5 heteroatoms. The molecule has 2 aromatic carbocycles. The van der Waals surface area contributed by atoms with Crippen molar-refractivity contribution in [3.63, 3.8) is 0 Å². The predicted octanol–water partition coefficient (Wildman–Crippen LogP) is 2.70. The van der Waals surface area contributed by atoms with Crippen molar-refractivity contribution in [3.8, 4) is 0 Å². The number of carbonyl (C=O) groups is 2. The van der Waals surface area contributed by atoms with E-state index in [1.54, 1.807) is 0 Å². The first-order valence-corrected chi connectivity index (χ1v) is 10.6. The smallest absolute Gasteiger partial charge is 0.238 e. The molecule has 150 valence electrons. The molecular weight excluding hydrogens is 362 g/mol. The van der Waals surface area contributed by atoms with Crippen LogP contribution in [-0.2, 0) is 22.6 Å². The maximum atomic E-state index is 13.3. The maximum absolute atomic E-state index is 13.3. The molecule has 0 N–H and O–H groups in total. The van der Waals surface area contributed by atoms with Gasteiger partial charge in [-0.05, 0) is 42.5 Å². The van der Waals surface area contributed by atoms with Crippen molar-refractivity contribution in [1.82, 2.24) is 9.80 Å². The molecule has 0 radical (unpaired) electrons. The van der Waals surface area contributed by atoms with Crippen molar-refractivity contribution < 1.29 is 9.59 Å². The zero-order valence-corrected chi connectivity index (χ0v) is 16.7. The van der Waals surface area contributed by atoms with Gasteiger partial charge in [-0.25, -0.2) is 0 Å². The van der Waals surface area contributed by atoms with E-state index < -0.39 is 5.41 Å². The van der Waals surface area contributed by atoms with Gasteiger partial charge in [0.25, 0.3) is 0 Å². The summed E-state index contributed by atoms with van der Waals surface area (Å²) < 4.78 is 0. The zero-order valence-electron chi connectivity index (χ0n) is 16.7. The lowest BCUT2D eigenvalue weighted by molar-refractivity contribution is -0.150. The molecular formula is C24H27N3O2. The van der Waals surface area contributed by atoms with Crippen LogP contribution < -0.4 is 4.90 Å². The van der Waals surface area contributed by atoms with Crippen molar-refractivity contribution in [2.75, 3.05) is 37.6 Å². The minimum absolute atomic E-state index is 0.0440. The van der Waals surface area contributed by atoms with Crippen LogP contribution in [0.25, 0.3) is 0 Å². The number of para-hydroxylation sites is 1. The Morgan fingerprint density at radius 1 is 0.690 bits per heavy atom. The molecule has 5 rings (SSSR count). The van der Waals surface area contributed by atoms with Gasteiger partial charge in [0.05, 0.1) is 0 Å². The van der Waals surface area contributed by atoms with Crippen LogP contribution in [0.4, 0.5) is 5.69 Å². The summed E-state index contributed by atoms with van der Waals surface area (Å²) in [7, 11) is 0. The lowest BCUT2D eigenvalue weighted by Crippen LogP contribution is -2.54. The van der Waals surface area contributed by atoms with Crippen molar-refractivity contribution in [3.05, 3.63) is 65.7 Å². The Kier molecular flexibility index (Phi) is 4.53. The minimum atomic E-state index is -0.790. The van der Waals surface area contributed by atoms with Crippen molar-refractivity contribution in [1.29, 1.82) is 0 Å². The number of fused-ring (bicyclic) bond motifs is 1. The largest absolute Gasteiger partial charge is 0.368 e. The molecule has 3 aliphatic rings. The van der Waals surface area contributed by atoms with Crippen LogP contribution in [0.2, 0.25) is 0 Å². The maximum Gasteiger partial charge on any atom is 0.238 e. The molecule has 2 amide bonds. The normalized spacial score (nSPS) is 20.2. The van der Waals surface area contributed by atoms with Crippen LogP contribution in [0.5, 0.6) is 0 Å². The fourth-order valence-corrected chi connectivity index (χ4v) is 4.73. The van der Waals surface area contributed by atoms with Gasteiger partial charge in [-0.2, -0.15) is 0 Å². The highest BCUT2D eigenvalue weighted by atomic mass is 16.2. The Morgan fingerprint density at radius 2 is 1.31 bits per heavy atom. The number of nitrogens with zero attached hydrogens (tertiary/aromatic N) is 3. The van der Waals surface area contributed by atoms with Crippen molar-refractivity contribution in [2.45, 2.75) is 25.8 Å². The molecule has 5 nitrogen and oxygen atoms in total. The lowest BCUT2D eigenvalue weighted by Gasteiger charge is -2.38. The molecule has 2 aliphatic heterocycles. The number of carbonyl (C=O) groups excluding carboxylic acids is 2. The summed E-state index contributed by atoms with van der Waals surface area (Å²) in [5, 5.41) is 0. The van der Waals surface area contributed by atoms with E-state index in [2.05, 4.69) is 35.2 Å². The van der Waals surface area contributed by atoms with Crippen LogP contribution >= 0.6 is 0 Å². The van der Waals surface area contributed by atoms with Crippen LogP contribution in [0.15, 0.2) is 54.6 Å². The van der Waals surface area contributed by atoms with E-state index in [4.69, 9.17) is 0 Å². The predicted molar refractivity (Wildman–Crippen MR) is 112 cm³/mol. The molecule has 0 spiro atoms. The highest BCUT2D eigenvalue weighted by molar-refractivity contribution is 6.08. The van der Waals surface area contributed by atoms with Gasteiger partial charge in [0.1, 0.15) is 5.41 Å². The van der Waals surface area contributed by atoms with Crippen LogP contribution in [0.3, 0.4) is 0 Å². The van der Waals surface area contributed by atoms with Gasteiger partial charge in [0.15, 0.2) is 0 Å².